The smallest absolute Gasteiger partial charge is 0.230 e. The van der Waals surface area contributed by atoms with Crippen LogP contribution in [0.25, 0.3) is 0 Å². The van der Waals surface area contributed by atoms with Crippen molar-refractivity contribution >= 4 is 5.91 Å². The third-order valence-corrected chi connectivity index (χ3v) is 4.34. The summed E-state index contributed by atoms with van der Waals surface area (Å²) in [4.78, 5) is 12.6. The van der Waals surface area contributed by atoms with Crippen LogP contribution in [0, 0.1) is 17.1 Å². The number of nitriles is 1. The van der Waals surface area contributed by atoms with Gasteiger partial charge in [-0.3, -0.25) is 4.79 Å². The summed E-state index contributed by atoms with van der Waals surface area (Å²) in [6, 6.07) is 14.4. The SMILES string of the molecule is CC(O)(CNC(=O)C(C)(C)c1cccc(C#N)c1)c1ccc(F)cc1. The second kappa shape index (κ2) is 7.04. The highest BCUT2D eigenvalue weighted by Crippen LogP contribution is 2.25. The Bertz CT molecular complexity index is 805. The molecule has 0 fully saturated rings. The van der Waals surface area contributed by atoms with Gasteiger partial charge in [0.15, 0.2) is 0 Å². The van der Waals surface area contributed by atoms with Crippen molar-refractivity contribution in [3.8, 4) is 6.07 Å². The number of nitrogens with one attached hydrogen (secondary N) is 1. The molecule has 1 atom stereocenters. The molecular weight excluding hydrogens is 319 g/mol. The Kier molecular flexibility index (Phi) is 5.24. The molecule has 2 rings (SSSR count). The fraction of sp³-hybridized carbons (Fsp3) is 0.300. The molecule has 1 unspecified atom stereocenters. The molecule has 0 aliphatic heterocycles. The van der Waals surface area contributed by atoms with Crippen molar-refractivity contribution in [2.75, 3.05) is 6.54 Å². The molecule has 0 aromatic heterocycles. The molecule has 25 heavy (non-hydrogen) atoms. The summed E-state index contributed by atoms with van der Waals surface area (Å²) in [6.07, 6.45) is 0. The standard InChI is InChI=1S/C20H21FN2O2/c1-19(2,16-6-4-5-14(11-16)12-22)18(24)23-13-20(3,25)15-7-9-17(21)10-8-15/h4-11,25H,13H2,1-3H3,(H,23,24). The average Bonchev–Trinajstić information content (AvgIpc) is 2.60. The Balaban J connectivity index is 2.12. The summed E-state index contributed by atoms with van der Waals surface area (Å²) in [5.74, 6) is -0.660. The van der Waals surface area contributed by atoms with Gasteiger partial charge in [-0.05, 0) is 56.2 Å². The van der Waals surface area contributed by atoms with E-state index in [0.29, 0.717) is 16.7 Å². The van der Waals surface area contributed by atoms with Crippen molar-refractivity contribution < 1.29 is 14.3 Å². The van der Waals surface area contributed by atoms with Crippen LogP contribution in [0.5, 0.6) is 0 Å². The maximum atomic E-state index is 13.0. The molecular formula is C20H21FN2O2. The lowest BCUT2D eigenvalue weighted by Crippen LogP contribution is -2.45. The molecule has 0 heterocycles. The van der Waals surface area contributed by atoms with Crippen molar-refractivity contribution in [2.24, 2.45) is 0 Å². The predicted octanol–water partition coefficient (Wildman–Crippen LogP) is 3.00. The number of carbonyl (C=O) groups excluding carboxylic acids is 1. The number of hydrogen-bond acceptors (Lipinski definition) is 3. The Hall–Kier alpha value is -2.71. The van der Waals surface area contributed by atoms with Crippen LogP contribution >= 0.6 is 0 Å². The highest BCUT2D eigenvalue weighted by molar-refractivity contribution is 5.87. The van der Waals surface area contributed by atoms with E-state index in [0.717, 1.165) is 0 Å². The fourth-order valence-corrected chi connectivity index (χ4v) is 2.49. The van der Waals surface area contributed by atoms with Gasteiger partial charge < -0.3 is 10.4 Å². The number of aliphatic hydroxyl groups is 1. The van der Waals surface area contributed by atoms with Crippen LogP contribution in [0.1, 0.15) is 37.5 Å². The second-order valence-electron chi connectivity index (χ2n) is 6.78. The number of hydrogen-bond donors (Lipinski definition) is 2. The molecule has 1 amide bonds. The average molecular weight is 340 g/mol. The van der Waals surface area contributed by atoms with Gasteiger partial charge in [-0.25, -0.2) is 4.39 Å². The van der Waals surface area contributed by atoms with Crippen molar-refractivity contribution in [3.05, 3.63) is 71.0 Å². The summed E-state index contributed by atoms with van der Waals surface area (Å²) in [5, 5.41) is 22.3. The molecule has 0 saturated heterocycles. The van der Waals surface area contributed by atoms with E-state index < -0.39 is 11.0 Å². The lowest BCUT2D eigenvalue weighted by molar-refractivity contribution is -0.126. The number of benzene rings is 2. The number of rotatable bonds is 5. The van der Waals surface area contributed by atoms with Gasteiger partial charge in [0.05, 0.1) is 23.6 Å². The summed E-state index contributed by atoms with van der Waals surface area (Å²) >= 11 is 0. The zero-order valence-electron chi connectivity index (χ0n) is 14.5. The third-order valence-electron chi connectivity index (χ3n) is 4.34. The topological polar surface area (TPSA) is 73.1 Å². The molecule has 2 aromatic rings. The second-order valence-corrected chi connectivity index (χ2v) is 6.78. The number of carbonyl (C=O) groups is 1. The quantitative estimate of drug-likeness (QED) is 0.879. The van der Waals surface area contributed by atoms with Crippen LogP contribution in [0.15, 0.2) is 48.5 Å². The lowest BCUT2D eigenvalue weighted by Gasteiger charge is -2.29. The maximum Gasteiger partial charge on any atom is 0.230 e. The zero-order valence-corrected chi connectivity index (χ0v) is 14.5. The van der Waals surface area contributed by atoms with E-state index >= 15 is 0 Å². The van der Waals surface area contributed by atoms with Crippen LogP contribution in [-0.4, -0.2) is 17.6 Å². The van der Waals surface area contributed by atoms with Gasteiger partial charge in [0.1, 0.15) is 11.4 Å². The van der Waals surface area contributed by atoms with E-state index in [9.17, 15) is 14.3 Å². The molecule has 4 nitrogen and oxygen atoms in total. The van der Waals surface area contributed by atoms with E-state index in [4.69, 9.17) is 5.26 Å². The first kappa shape index (κ1) is 18.6. The minimum atomic E-state index is -1.33. The lowest BCUT2D eigenvalue weighted by atomic mass is 9.82. The Morgan fingerprint density at radius 1 is 1.16 bits per heavy atom. The molecule has 0 bridgehead atoms. The molecule has 0 saturated carbocycles. The monoisotopic (exact) mass is 340 g/mol. The Labute approximate surface area is 146 Å². The van der Waals surface area contributed by atoms with Crippen molar-refractivity contribution in [2.45, 2.75) is 31.8 Å². The van der Waals surface area contributed by atoms with Gasteiger partial charge in [0.2, 0.25) is 5.91 Å². The Morgan fingerprint density at radius 3 is 2.40 bits per heavy atom. The zero-order chi connectivity index (χ0) is 18.7. The van der Waals surface area contributed by atoms with E-state index in [-0.39, 0.29) is 18.3 Å². The number of amides is 1. The molecule has 2 N–H and O–H groups in total. The van der Waals surface area contributed by atoms with E-state index in [1.807, 2.05) is 0 Å². The Morgan fingerprint density at radius 2 is 1.80 bits per heavy atom. The van der Waals surface area contributed by atoms with Gasteiger partial charge >= 0.3 is 0 Å². The van der Waals surface area contributed by atoms with Gasteiger partial charge in [-0.15, -0.1) is 0 Å². The minimum Gasteiger partial charge on any atom is -0.384 e. The van der Waals surface area contributed by atoms with Crippen LogP contribution in [-0.2, 0) is 15.8 Å². The summed E-state index contributed by atoms with van der Waals surface area (Å²) < 4.78 is 13.0. The molecule has 0 aliphatic carbocycles. The number of halogens is 1. The van der Waals surface area contributed by atoms with E-state index in [2.05, 4.69) is 11.4 Å². The van der Waals surface area contributed by atoms with Gasteiger partial charge in [0, 0.05) is 0 Å². The predicted molar refractivity (Wildman–Crippen MR) is 93.2 cm³/mol. The normalized spacial score (nSPS) is 13.6. The third kappa shape index (κ3) is 4.23. The summed E-state index contributed by atoms with van der Waals surface area (Å²) in [5.41, 5.74) is -0.486. The molecule has 0 spiro atoms. The van der Waals surface area contributed by atoms with Crippen molar-refractivity contribution in [1.82, 2.24) is 5.32 Å². The van der Waals surface area contributed by atoms with Gasteiger partial charge in [-0.2, -0.15) is 5.26 Å². The summed E-state index contributed by atoms with van der Waals surface area (Å²) in [7, 11) is 0. The molecule has 0 aliphatic rings. The van der Waals surface area contributed by atoms with E-state index in [1.54, 1.807) is 45.0 Å². The molecule has 2 aromatic carbocycles. The van der Waals surface area contributed by atoms with Crippen LogP contribution in [0.2, 0.25) is 0 Å². The van der Waals surface area contributed by atoms with E-state index in [1.165, 1.54) is 24.3 Å². The van der Waals surface area contributed by atoms with Crippen molar-refractivity contribution in [3.63, 3.8) is 0 Å². The first-order valence-electron chi connectivity index (χ1n) is 7.94. The first-order valence-corrected chi connectivity index (χ1v) is 7.94. The van der Waals surface area contributed by atoms with Crippen LogP contribution in [0.4, 0.5) is 4.39 Å². The largest absolute Gasteiger partial charge is 0.384 e. The first-order chi connectivity index (χ1) is 11.7. The van der Waals surface area contributed by atoms with Crippen LogP contribution in [0.3, 0.4) is 0 Å². The summed E-state index contributed by atoms with van der Waals surface area (Å²) in [6.45, 7) is 5.06. The highest BCUT2D eigenvalue weighted by Gasteiger charge is 2.32. The number of nitrogens with zero attached hydrogens (tertiary/aromatic N) is 1. The van der Waals surface area contributed by atoms with Gasteiger partial charge in [-0.1, -0.05) is 24.3 Å². The molecule has 5 heteroatoms. The maximum absolute atomic E-state index is 13.0. The molecule has 130 valence electrons. The van der Waals surface area contributed by atoms with Crippen molar-refractivity contribution in [1.29, 1.82) is 5.26 Å². The van der Waals surface area contributed by atoms with Gasteiger partial charge in [0.25, 0.3) is 0 Å². The fourth-order valence-electron chi connectivity index (χ4n) is 2.49. The minimum absolute atomic E-state index is 0.0150. The highest BCUT2D eigenvalue weighted by atomic mass is 19.1. The van der Waals surface area contributed by atoms with Crippen LogP contribution < -0.4 is 5.32 Å². The molecule has 0 radical (unpaired) electrons.